The largest absolute Gasteiger partial charge is 0.325 e. The summed E-state index contributed by atoms with van der Waals surface area (Å²) in [6, 6.07) is 7.30. The van der Waals surface area contributed by atoms with Crippen LogP contribution < -0.4 is 11.1 Å². The van der Waals surface area contributed by atoms with Crippen LogP contribution in [0.25, 0.3) is 0 Å². The topological polar surface area (TPSA) is 55.1 Å². The van der Waals surface area contributed by atoms with Crippen molar-refractivity contribution >= 4 is 11.6 Å². The number of amides is 1. The average Bonchev–Trinajstić information content (AvgIpc) is 2.19. The lowest BCUT2D eigenvalue weighted by atomic mass is 10.1. The highest BCUT2D eigenvalue weighted by atomic mass is 16.2. The van der Waals surface area contributed by atoms with Crippen LogP contribution in [0.4, 0.5) is 5.69 Å². The minimum atomic E-state index is -0.471. The number of hydrogen-bond acceptors (Lipinski definition) is 2. The van der Waals surface area contributed by atoms with Crippen molar-refractivity contribution in [1.82, 2.24) is 0 Å². The zero-order valence-corrected chi connectivity index (χ0v) is 8.58. The monoisotopic (exact) mass is 192 g/mol. The van der Waals surface area contributed by atoms with Gasteiger partial charge in [-0.1, -0.05) is 19.1 Å². The number of rotatable bonds is 3. The Hall–Kier alpha value is -1.35. The minimum Gasteiger partial charge on any atom is -0.325 e. The molecule has 1 amide bonds. The molecule has 3 nitrogen and oxygen atoms in total. The van der Waals surface area contributed by atoms with Crippen molar-refractivity contribution in [3.8, 4) is 0 Å². The van der Waals surface area contributed by atoms with Gasteiger partial charge < -0.3 is 11.1 Å². The van der Waals surface area contributed by atoms with Crippen LogP contribution in [-0.2, 0) is 11.2 Å². The molecule has 0 fully saturated rings. The van der Waals surface area contributed by atoms with Crippen molar-refractivity contribution in [2.24, 2.45) is 5.73 Å². The highest BCUT2D eigenvalue weighted by Crippen LogP contribution is 2.09. The van der Waals surface area contributed by atoms with Gasteiger partial charge >= 0.3 is 0 Å². The number of anilines is 1. The van der Waals surface area contributed by atoms with Gasteiger partial charge in [0.05, 0.1) is 6.04 Å². The van der Waals surface area contributed by atoms with Crippen molar-refractivity contribution in [2.45, 2.75) is 26.3 Å². The van der Waals surface area contributed by atoms with Gasteiger partial charge in [-0.25, -0.2) is 0 Å². The molecule has 14 heavy (non-hydrogen) atoms. The standard InChI is InChI=1S/C11H16N2O/c1-3-9-4-6-10(7-5-9)13-11(14)8(2)12/h4-8H,3,12H2,1-2H3,(H,13,14)/t8-/m0/s1. The van der Waals surface area contributed by atoms with Gasteiger partial charge in [0, 0.05) is 5.69 Å². The Bertz CT molecular complexity index is 304. The number of nitrogens with one attached hydrogen (secondary N) is 1. The van der Waals surface area contributed by atoms with Gasteiger partial charge in [-0.05, 0) is 31.0 Å². The third-order valence-electron chi connectivity index (χ3n) is 2.04. The molecular formula is C11H16N2O. The molecule has 0 saturated carbocycles. The molecule has 1 atom stereocenters. The lowest BCUT2D eigenvalue weighted by Crippen LogP contribution is -2.32. The van der Waals surface area contributed by atoms with Crippen LogP contribution in [0.5, 0.6) is 0 Å². The molecule has 0 aliphatic carbocycles. The summed E-state index contributed by atoms with van der Waals surface area (Å²) in [7, 11) is 0. The van der Waals surface area contributed by atoms with E-state index in [-0.39, 0.29) is 5.91 Å². The van der Waals surface area contributed by atoms with Gasteiger partial charge in [0.1, 0.15) is 0 Å². The first-order chi connectivity index (χ1) is 6.63. The second-order valence-electron chi connectivity index (χ2n) is 3.33. The molecule has 0 unspecified atom stereocenters. The molecule has 0 aliphatic rings. The SMILES string of the molecule is CCc1ccc(NC(=O)[C@H](C)N)cc1. The normalized spacial score (nSPS) is 12.2. The number of carbonyl (C=O) groups is 1. The van der Waals surface area contributed by atoms with Gasteiger partial charge in [0.15, 0.2) is 0 Å². The first-order valence-corrected chi connectivity index (χ1v) is 4.79. The molecule has 1 rings (SSSR count). The van der Waals surface area contributed by atoms with E-state index in [2.05, 4.69) is 12.2 Å². The van der Waals surface area contributed by atoms with Crippen LogP contribution in [-0.4, -0.2) is 11.9 Å². The molecule has 0 bridgehead atoms. The highest BCUT2D eigenvalue weighted by Gasteiger charge is 2.06. The Morgan fingerprint density at radius 3 is 2.43 bits per heavy atom. The Kier molecular flexibility index (Phi) is 3.65. The fraction of sp³-hybridized carbons (Fsp3) is 0.364. The molecule has 3 N–H and O–H groups in total. The summed E-state index contributed by atoms with van der Waals surface area (Å²) in [5, 5.41) is 2.73. The summed E-state index contributed by atoms with van der Waals surface area (Å²) in [5.41, 5.74) is 7.48. The maximum Gasteiger partial charge on any atom is 0.240 e. The summed E-state index contributed by atoms with van der Waals surface area (Å²) in [5.74, 6) is -0.158. The van der Waals surface area contributed by atoms with Gasteiger partial charge in [0.25, 0.3) is 0 Å². The summed E-state index contributed by atoms with van der Waals surface area (Å²) in [6.45, 7) is 3.76. The molecule has 1 aromatic rings. The third kappa shape index (κ3) is 2.85. The van der Waals surface area contributed by atoms with Crippen LogP contribution in [0.15, 0.2) is 24.3 Å². The Balaban J connectivity index is 2.64. The maximum absolute atomic E-state index is 11.2. The lowest BCUT2D eigenvalue weighted by Gasteiger charge is -2.07. The molecule has 76 valence electrons. The fourth-order valence-corrected chi connectivity index (χ4v) is 1.08. The number of hydrogen-bond donors (Lipinski definition) is 2. The van der Waals surface area contributed by atoms with Crippen molar-refractivity contribution < 1.29 is 4.79 Å². The molecular weight excluding hydrogens is 176 g/mol. The fourth-order valence-electron chi connectivity index (χ4n) is 1.08. The van der Waals surface area contributed by atoms with Crippen molar-refractivity contribution in [3.05, 3.63) is 29.8 Å². The minimum absolute atomic E-state index is 0.158. The number of carbonyl (C=O) groups excluding carboxylic acids is 1. The quantitative estimate of drug-likeness (QED) is 0.763. The molecule has 0 aromatic heterocycles. The second kappa shape index (κ2) is 4.77. The Morgan fingerprint density at radius 1 is 1.43 bits per heavy atom. The van der Waals surface area contributed by atoms with E-state index in [4.69, 9.17) is 5.73 Å². The van der Waals surface area contributed by atoms with Crippen LogP contribution in [0.2, 0.25) is 0 Å². The lowest BCUT2D eigenvalue weighted by molar-refractivity contribution is -0.117. The molecule has 1 aromatic carbocycles. The van der Waals surface area contributed by atoms with Crippen LogP contribution in [0, 0.1) is 0 Å². The van der Waals surface area contributed by atoms with Crippen LogP contribution in [0.1, 0.15) is 19.4 Å². The van der Waals surface area contributed by atoms with E-state index in [9.17, 15) is 4.79 Å². The smallest absolute Gasteiger partial charge is 0.240 e. The Labute approximate surface area is 84.3 Å². The third-order valence-corrected chi connectivity index (χ3v) is 2.04. The first-order valence-electron chi connectivity index (χ1n) is 4.79. The zero-order chi connectivity index (χ0) is 10.6. The predicted molar refractivity (Wildman–Crippen MR) is 58.1 cm³/mol. The van der Waals surface area contributed by atoms with Gasteiger partial charge in [0.2, 0.25) is 5.91 Å². The number of nitrogens with two attached hydrogens (primary N) is 1. The first kappa shape index (κ1) is 10.7. The predicted octanol–water partition coefficient (Wildman–Crippen LogP) is 1.53. The zero-order valence-electron chi connectivity index (χ0n) is 8.58. The van der Waals surface area contributed by atoms with Crippen LogP contribution >= 0.6 is 0 Å². The van der Waals surface area contributed by atoms with E-state index < -0.39 is 6.04 Å². The maximum atomic E-state index is 11.2. The van der Waals surface area contributed by atoms with E-state index in [1.54, 1.807) is 6.92 Å². The number of aryl methyl sites for hydroxylation is 1. The van der Waals surface area contributed by atoms with Gasteiger partial charge in [-0.3, -0.25) is 4.79 Å². The van der Waals surface area contributed by atoms with E-state index in [0.717, 1.165) is 12.1 Å². The van der Waals surface area contributed by atoms with Gasteiger partial charge in [-0.15, -0.1) is 0 Å². The van der Waals surface area contributed by atoms with Crippen molar-refractivity contribution in [3.63, 3.8) is 0 Å². The van der Waals surface area contributed by atoms with Crippen LogP contribution in [0.3, 0.4) is 0 Å². The summed E-state index contributed by atoms with van der Waals surface area (Å²) in [4.78, 5) is 11.2. The molecule has 0 radical (unpaired) electrons. The molecule has 0 spiro atoms. The summed E-state index contributed by atoms with van der Waals surface area (Å²) >= 11 is 0. The van der Waals surface area contributed by atoms with Crippen molar-refractivity contribution in [2.75, 3.05) is 5.32 Å². The summed E-state index contributed by atoms with van der Waals surface area (Å²) < 4.78 is 0. The number of benzene rings is 1. The molecule has 0 heterocycles. The molecule has 0 saturated heterocycles. The van der Waals surface area contributed by atoms with Crippen molar-refractivity contribution in [1.29, 1.82) is 0 Å². The molecule has 3 heteroatoms. The molecule has 0 aliphatic heterocycles. The second-order valence-corrected chi connectivity index (χ2v) is 3.33. The van der Waals surface area contributed by atoms with E-state index in [0.29, 0.717) is 0 Å². The van der Waals surface area contributed by atoms with Gasteiger partial charge in [-0.2, -0.15) is 0 Å². The summed E-state index contributed by atoms with van der Waals surface area (Å²) in [6.07, 6.45) is 1.00. The van der Waals surface area contributed by atoms with E-state index >= 15 is 0 Å². The highest BCUT2D eigenvalue weighted by molar-refractivity contribution is 5.94. The van der Waals surface area contributed by atoms with E-state index in [1.807, 2.05) is 24.3 Å². The van der Waals surface area contributed by atoms with E-state index in [1.165, 1.54) is 5.56 Å². The Morgan fingerprint density at radius 2 is 2.00 bits per heavy atom. The average molecular weight is 192 g/mol.